The summed E-state index contributed by atoms with van der Waals surface area (Å²) in [6, 6.07) is 11.5. The number of aryl methyl sites for hydroxylation is 1. The highest BCUT2D eigenvalue weighted by atomic mass is 35.5. The van der Waals surface area contributed by atoms with Crippen LogP contribution in [0.25, 0.3) is 0 Å². The molecule has 0 bridgehead atoms. The van der Waals surface area contributed by atoms with E-state index in [-0.39, 0.29) is 11.4 Å². The first-order chi connectivity index (χ1) is 15.7. The molecule has 0 fully saturated rings. The Morgan fingerprint density at radius 2 is 1.88 bits per heavy atom. The number of hydrogen-bond donors (Lipinski definition) is 1. The van der Waals surface area contributed by atoms with Crippen molar-refractivity contribution < 1.29 is 19.4 Å². The highest BCUT2D eigenvalue weighted by Crippen LogP contribution is 2.39. The maximum atomic E-state index is 13.6. The van der Waals surface area contributed by atoms with Crippen LogP contribution in [0, 0.1) is 6.92 Å². The minimum Gasteiger partial charge on any atom is -0.503 e. The topological polar surface area (TPSA) is 70.1 Å². The van der Waals surface area contributed by atoms with Crippen molar-refractivity contribution in [1.82, 2.24) is 9.80 Å². The summed E-state index contributed by atoms with van der Waals surface area (Å²) in [6.07, 6.45) is 1.59. The maximum absolute atomic E-state index is 13.6. The van der Waals surface area contributed by atoms with Gasteiger partial charge >= 0.3 is 0 Å². The van der Waals surface area contributed by atoms with Crippen molar-refractivity contribution in [2.75, 3.05) is 33.8 Å². The van der Waals surface area contributed by atoms with Gasteiger partial charge in [0.05, 0.1) is 18.2 Å². The fourth-order valence-electron chi connectivity index (χ4n) is 3.99. The summed E-state index contributed by atoms with van der Waals surface area (Å²) in [6.45, 7) is 5.68. The molecule has 1 amide bonds. The molecule has 0 aliphatic carbocycles. The monoisotopic (exact) mass is 470 g/mol. The average Bonchev–Trinajstić information content (AvgIpc) is 3.03. The lowest BCUT2D eigenvalue weighted by Crippen LogP contribution is -2.33. The Bertz CT molecular complexity index is 1050. The number of ether oxygens (including phenoxy) is 1. The molecule has 7 heteroatoms. The number of rotatable bonds is 10. The predicted molar refractivity (Wildman–Crippen MR) is 130 cm³/mol. The number of halogens is 1. The quantitative estimate of drug-likeness (QED) is 0.496. The molecule has 2 aromatic rings. The van der Waals surface area contributed by atoms with Gasteiger partial charge in [0.15, 0.2) is 11.5 Å². The lowest BCUT2D eigenvalue weighted by Gasteiger charge is -2.27. The molecule has 2 aromatic carbocycles. The van der Waals surface area contributed by atoms with Crippen molar-refractivity contribution in [1.29, 1.82) is 0 Å². The Balaban J connectivity index is 1.98. The van der Waals surface area contributed by atoms with Gasteiger partial charge < -0.3 is 19.6 Å². The van der Waals surface area contributed by atoms with Crippen LogP contribution in [0.2, 0.25) is 5.02 Å². The Kier molecular flexibility index (Phi) is 8.16. The zero-order valence-electron chi connectivity index (χ0n) is 19.6. The van der Waals surface area contributed by atoms with E-state index in [9.17, 15) is 14.7 Å². The molecule has 3 rings (SSSR count). The van der Waals surface area contributed by atoms with Gasteiger partial charge in [-0.15, -0.1) is 0 Å². The van der Waals surface area contributed by atoms with Crippen LogP contribution in [0.3, 0.4) is 0 Å². The third kappa shape index (κ3) is 5.57. The lowest BCUT2D eigenvalue weighted by atomic mass is 9.92. The Labute approximate surface area is 200 Å². The molecular weight excluding hydrogens is 440 g/mol. The van der Waals surface area contributed by atoms with Crippen molar-refractivity contribution >= 4 is 23.3 Å². The summed E-state index contributed by atoms with van der Waals surface area (Å²) in [4.78, 5) is 30.2. The van der Waals surface area contributed by atoms with E-state index in [2.05, 4.69) is 0 Å². The van der Waals surface area contributed by atoms with Gasteiger partial charge in [0.1, 0.15) is 5.75 Å². The van der Waals surface area contributed by atoms with E-state index in [1.165, 1.54) is 0 Å². The molecule has 0 saturated heterocycles. The van der Waals surface area contributed by atoms with Crippen LogP contribution in [-0.2, 0) is 4.79 Å². The minimum atomic E-state index is -0.680. The third-order valence-electron chi connectivity index (χ3n) is 5.64. The molecule has 33 heavy (non-hydrogen) atoms. The van der Waals surface area contributed by atoms with Gasteiger partial charge in [0, 0.05) is 17.1 Å². The fourth-order valence-corrected chi connectivity index (χ4v) is 4.11. The van der Waals surface area contributed by atoms with Crippen molar-refractivity contribution in [3.63, 3.8) is 0 Å². The summed E-state index contributed by atoms with van der Waals surface area (Å²) < 4.78 is 5.72. The second kappa shape index (κ2) is 10.9. The number of carbonyl (C=O) groups is 2. The molecule has 0 saturated carbocycles. The standard InChI is InChI=1S/C26H31ClN2O4/c1-5-15-33-21-12-9-19(16-17(21)2)24(30)22-23(18-7-10-20(27)11-8-18)29(26(32)25(22)31)14-6-13-28(3)4/h7-12,16,23,31H,5-6,13-15H2,1-4H3. The zero-order valence-corrected chi connectivity index (χ0v) is 20.4. The summed E-state index contributed by atoms with van der Waals surface area (Å²) in [5.41, 5.74) is 2.04. The molecule has 1 aliphatic heterocycles. The summed E-state index contributed by atoms with van der Waals surface area (Å²) in [7, 11) is 3.92. The first-order valence-corrected chi connectivity index (χ1v) is 11.5. The van der Waals surface area contributed by atoms with E-state index in [1.54, 1.807) is 47.4 Å². The molecule has 0 radical (unpaired) electrons. The van der Waals surface area contributed by atoms with Crippen LogP contribution >= 0.6 is 11.6 Å². The lowest BCUT2D eigenvalue weighted by molar-refractivity contribution is -0.129. The smallest absolute Gasteiger partial charge is 0.290 e. The SMILES string of the molecule is CCCOc1ccc(C(=O)C2=C(O)C(=O)N(CCCN(C)C)C2c2ccc(Cl)cc2)cc1C. The first-order valence-electron chi connectivity index (χ1n) is 11.2. The van der Waals surface area contributed by atoms with Crippen molar-refractivity contribution in [3.8, 4) is 5.75 Å². The second-order valence-corrected chi connectivity index (χ2v) is 8.97. The minimum absolute atomic E-state index is 0.0915. The molecular formula is C26H31ClN2O4. The molecule has 6 nitrogen and oxygen atoms in total. The van der Waals surface area contributed by atoms with E-state index in [4.69, 9.17) is 16.3 Å². The van der Waals surface area contributed by atoms with Crippen LogP contribution in [0.1, 0.15) is 47.3 Å². The van der Waals surface area contributed by atoms with E-state index in [0.717, 1.165) is 24.1 Å². The van der Waals surface area contributed by atoms with Gasteiger partial charge in [0.25, 0.3) is 5.91 Å². The normalized spacial score (nSPS) is 16.1. The Morgan fingerprint density at radius 3 is 2.48 bits per heavy atom. The van der Waals surface area contributed by atoms with Crippen LogP contribution in [0.15, 0.2) is 53.8 Å². The van der Waals surface area contributed by atoms with Crippen molar-refractivity contribution in [3.05, 3.63) is 75.5 Å². The van der Waals surface area contributed by atoms with Gasteiger partial charge in [-0.05, 0) is 81.9 Å². The van der Waals surface area contributed by atoms with Gasteiger partial charge in [-0.25, -0.2) is 0 Å². The average molecular weight is 471 g/mol. The molecule has 1 heterocycles. The van der Waals surface area contributed by atoms with Crippen LogP contribution in [0.4, 0.5) is 0 Å². The summed E-state index contributed by atoms with van der Waals surface area (Å²) >= 11 is 6.07. The molecule has 0 aromatic heterocycles. The van der Waals surface area contributed by atoms with Crippen molar-refractivity contribution in [2.45, 2.75) is 32.7 Å². The van der Waals surface area contributed by atoms with E-state index >= 15 is 0 Å². The van der Waals surface area contributed by atoms with Gasteiger partial charge in [-0.2, -0.15) is 0 Å². The molecule has 1 unspecified atom stereocenters. The zero-order chi connectivity index (χ0) is 24.1. The predicted octanol–water partition coefficient (Wildman–Crippen LogP) is 4.97. The number of ketones is 1. The molecule has 1 atom stereocenters. The molecule has 176 valence electrons. The molecule has 0 spiro atoms. The highest BCUT2D eigenvalue weighted by molar-refractivity contribution is 6.30. The van der Waals surface area contributed by atoms with Crippen molar-refractivity contribution in [2.24, 2.45) is 0 Å². The number of nitrogens with zero attached hydrogens (tertiary/aromatic N) is 2. The van der Waals surface area contributed by atoms with E-state index < -0.39 is 17.7 Å². The van der Waals surface area contributed by atoms with Gasteiger partial charge in [0.2, 0.25) is 0 Å². The van der Waals surface area contributed by atoms with Crippen LogP contribution < -0.4 is 4.74 Å². The summed E-state index contributed by atoms with van der Waals surface area (Å²) in [5.74, 6) is -0.680. The number of Topliss-reactive ketones (excluding diaryl/α,β-unsaturated/α-hetero) is 1. The fraction of sp³-hybridized carbons (Fsp3) is 0.385. The number of aliphatic hydroxyl groups is 1. The first kappa shape index (κ1) is 24.8. The van der Waals surface area contributed by atoms with Crippen LogP contribution in [-0.4, -0.2) is 60.4 Å². The molecule has 1 aliphatic rings. The number of benzene rings is 2. The van der Waals surface area contributed by atoms with E-state index in [0.29, 0.717) is 35.9 Å². The third-order valence-corrected chi connectivity index (χ3v) is 5.89. The number of hydrogen-bond acceptors (Lipinski definition) is 5. The number of aliphatic hydroxyl groups excluding tert-OH is 1. The number of carbonyl (C=O) groups excluding carboxylic acids is 2. The van der Waals surface area contributed by atoms with Crippen LogP contribution in [0.5, 0.6) is 5.75 Å². The Morgan fingerprint density at radius 1 is 1.18 bits per heavy atom. The second-order valence-electron chi connectivity index (χ2n) is 8.53. The number of amides is 1. The largest absolute Gasteiger partial charge is 0.503 e. The molecule has 1 N–H and O–H groups in total. The maximum Gasteiger partial charge on any atom is 0.290 e. The highest BCUT2D eigenvalue weighted by Gasteiger charge is 2.43. The Hall–Kier alpha value is -2.83. The van der Waals surface area contributed by atoms with E-state index in [1.807, 2.05) is 32.8 Å². The summed E-state index contributed by atoms with van der Waals surface area (Å²) in [5, 5.41) is 11.4. The van der Waals surface area contributed by atoms with Gasteiger partial charge in [-0.1, -0.05) is 30.7 Å². The van der Waals surface area contributed by atoms with Gasteiger partial charge in [-0.3, -0.25) is 9.59 Å².